The van der Waals surface area contributed by atoms with E-state index in [-0.39, 0.29) is 6.04 Å². The lowest BCUT2D eigenvalue weighted by molar-refractivity contribution is 0.415. The smallest absolute Gasteiger partial charge is 0.143 e. The van der Waals surface area contributed by atoms with E-state index in [0.29, 0.717) is 0 Å². The van der Waals surface area contributed by atoms with Gasteiger partial charge in [-0.05, 0) is 45.4 Å². The maximum Gasteiger partial charge on any atom is 0.143 e. The van der Waals surface area contributed by atoms with Gasteiger partial charge in [-0.2, -0.15) is 0 Å². The highest BCUT2D eigenvalue weighted by Crippen LogP contribution is 2.36. The van der Waals surface area contributed by atoms with Crippen LogP contribution >= 0.6 is 27.3 Å². The molecule has 0 amide bonds. The van der Waals surface area contributed by atoms with Gasteiger partial charge in [0, 0.05) is 9.35 Å². The fourth-order valence-corrected chi connectivity index (χ4v) is 3.77. The Labute approximate surface area is 132 Å². The average Bonchev–Trinajstić information content (AvgIpc) is 2.71. The van der Waals surface area contributed by atoms with Crippen molar-refractivity contribution in [3.63, 3.8) is 0 Å². The van der Waals surface area contributed by atoms with E-state index in [1.54, 1.807) is 18.4 Å². The summed E-state index contributed by atoms with van der Waals surface area (Å²) in [6, 6.07) is 4.27. The number of hydrogen-bond donors (Lipinski definition) is 1. The summed E-state index contributed by atoms with van der Waals surface area (Å²) in [6.45, 7) is 8.33. The number of rotatable bonds is 4. The Bertz CT molecular complexity index is 625. The standard InChI is InChI=1S/C15H19BrN2OS/c1-8-6-12(16)7-13(19-5)14(8)18-10(3)15-9(2)17-11(4)20-15/h6-7,10,18H,1-5H3. The van der Waals surface area contributed by atoms with Crippen LogP contribution in [0.2, 0.25) is 0 Å². The number of aromatic nitrogens is 1. The van der Waals surface area contributed by atoms with Crippen molar-refractivity contribution in [2.24, 2.45) is 0 Å². The van der Waals surface area contributed by atoms with Crippen molar-refractivity contribution < 1.29 is 4.74 Å². The highest BCUT2D eigenvalue weighted by Gasteiger charge is 2.16. The molecule has 1 atom stereocenters. The number of thiazole rings is 1. The minimum absolute atomic E-state index is 0.204. The van der Waals surface area contributed by atoms with Crippen LogP contribution in [0.1, 0.15) is 34.1 Å². The van der Waals surface area contributed by atoms with E-state index >= 15 is 0 Å². The fraction of sp³-hybridized carbons (Fsp3) is 0.400. The first-order valence-electron chi connectivity index (χ1n) is 6.47. The molecule has 1 aromatic heterocycles. The first-order chi connectivity index (χ1) is 9.42. The second-order valence-corrected chi connectivity index (χ2v) is 7.00. The molecule has 1 N–H and O–H groups in total. The van der Waals surface area contributed by atoms with Crippen LogP contribution in [0.25, 0.3) is 0 Å². The van der Waals surface area contributed by atoms with Gasteiger partial charge in [0.25, 0.3) is 0 Å². The number of halogens is 1. The molecule has 0 aliphatic heterocycles. The summed E-state index contributed by atoms with van der Waals surface area (Å²) in [5.74, 6) is 0.850. The second-order valence-electron chi connectivity index (χ2n) is 4.85. The quantitative estimate of drug-likeness (QED) is 0.837. The lowest BCUT2D eigenvalue weighted by atomic mass is 10.1. The van der Waals surface area contributed by atoms with Crippen molar-refractivity contribution in [3.05, 3.63) is 37.7 Å². The Balaban J connectivity index is 2.32. The minimum atomic E-state index is 0.204. The molecule has 20 heavy (non-hydrogen) atoms. The highest BCUT2D eigenvalue weighted by molar-refractivity contribution is 9.10. The van der Waals surface area contributed by atoms with Crippen LogP contribution in [-0.2, 0) is 0 Å². The Morgan fingerprint density at radius 1 is 1.30 bits per heavy atom. The molecule has 0 aliphatic rings. The number of hydrogen-bond acceptors (Lipinski definition) is 4. The third-order valence-electron chi connectivity index (χ3n) is 3.18. The molecule has 0 spiro atoms. The maximum absolute atomic E-state index is 5.47. The van der Waals surface area contributed by atoms with Crippen molar-refractivity contribution >= 4 is 33.0 Å². The van der Waals surface area contributed by atoms with Crippen molar-refractivity contribution in [3.8, 4) is 5.75 Å². The molecular weight excluding hydrogens is 336 g/mol. The van der Waals surface area contributed by atoms with Gasteiger partial charge in [0.1, 0.15) is 5.75 Å². The number of aryl methyl sites for hydroxylation is 3. The summed E-state index contributed by atoms with van der Waals surface area (Å²) in [6.07, 6.45) is 0. The maximum atomic E-state index is 5.47. The van der Waals surface area contributed by atoms with Crippen LogP contribution in [-0.4, -0.2) is 12.1 Å². The summed E-state index contributed by atoms with van der Waals surface area (Å²) in [7, 11) is 1.69. The molecule has 0 bridgehead atoms. The Kier molecular flexibility index (Phi) is 4.70. The number of nitrogens with one attached hydrogen (secondary N) is 1. The normalized spacial score (nSPS) is 12.3. The van der Waals surface area contributed by atoms with Crippen molar-refractivity contribution in [2.75, 3.05) is 12.4 Å². The molecule has 5 heteroatoms. The molecule has 2 aromatic rings. The Morgan fingerprint density at radius 2 is 2.00 bits per heavy atom. The van der Waals surface area contributed by atoms with Gasteiger partial charge in [-0.25, -0.2) is 4.98 Å². The van der Waals surface area contributed by atoms with E-state index in [0.717, 1.165) is 32.2 Å². The lowest BCUT2D eigenvalue weighted by Crippen LogP contribution is -2.08. The van der Waals surface area contributed by atoms with Crippen LogP contribution < -0.4 is 10.1 Å². The third kappa shape index (κ3) is 3.15. The van der Waals surface area contributed by atoms with Crippen molar-refractivity contribution in [2.45, 2.75) is 33.7 Å². The molecule has 0 saturated carbocycles. The highest BCUT2D eigenvalue weighted by atomic mass is 79.9. The molecule has 0 radical (unpaired) electrons. The van der Waals surface area contributed by atoms with E-state index in [1.807, 2.05) is 13.0 Å². The molecule has 1 unspecified atom stereocenters. The molecule has 1 heterocycles. The zero-order chi connectivity index (χ0) is 14.9. The topological polar surface area (TPSA) is 34.1 Å². The minimum Gasteiger partial charge on any atom is -0.495 e. The van der Waals surface area contributed by atoms with Gasteiger partial charge in [-0.3, -0.25) is 0 Å². The molecule has 0 fully saturated rings. The summed E-state index contributed by atoms with van der Waals surface area (Å²) >= 11 is 5.24. The Hall–Kier alpha value is -1.07. The summed E-state index contributed by atoms with van der Waals surface area (Å²) in [5.41, 5.74) is 3.29. The second kappa shape index (κ2) is 6.14. The zero-order valence-corrected chi connectivity index (χ0v) is 14.8. The van der Waals surface area contributed by atoms with Crippen LogP contribution in [0.15, 0.2) is 16.6 Å². The summed E-state index contributed by atoms with van der Waals surface area (Å²) in [5, 5.41) is 4.65. The van der Waals surface area contributed by atoms with E-state index in [9.17, 15) is 0 Å². The monoisotopic (exact) mass is 354 g/mol. The third-order valence-corrected chi connectivity index (χ3v) is 4.89. The molecule has 108 valence electrons. The predicted octanol–water partition coefficient (Wildman–Crippen LogP) is 5.01. The SMILES string of the molecule is COc1cc(Br)cc(C)c1NC(C)c1sc(C)nc1C. The summed E-state index contributed by atoms with van der Waals surface area (Å²) < 4.78 is 6.50. The van der Waals surface area contributed by atoms with Gasteiger partial charge in [0.2, 0.25) is 0 Å². The van der Waals surface area contributed by atoms with Crippen LogP contribution in [0.4, 0.5) is 5.69 Å². The van der Waals surface area contributed by atoms with E-state index in [1.165, 1.54) is 4.88 Å². The molecule has 2 rings (SSSR count). The number of nitrogens with zero attached hydrogens (tertiary/aromatic N) is 1. The number of benzene rings is 1. The molecule has 0 aliphatic carbocycles. The van der Waals surface area contributed by atoms with Gasteiger partial charge in [0.15, 0.2) is 0 Å². The molecule has 1 aromatic carbocycles. The largest absolute Gasteiger partial charge is 0.495 e. The van der Waals surface area contributed by atoms with Crippen LogP contribution in [0.3, 0.4) is 0 Å². The number of ether oxygens (including phenoxy) is 1. The van der Waals surface area contributed by atoms with Gasteiger partial charge in [-0.1, -0.05) is 15.9 Å². The first kappa shape index (κ1) is 15.3. The zero-order valence-electron chi connectivity index (χ0n) is 12.4. The summed E-state index contributed by atoms with van der Waals surface area (Å²) in [4.78, 5) is 5.76. The molecular formula is C15H19BrN2OS. The molecule has 3 nitrogen and oxygen atoms in total. The van der Waals surface area contributed by atoms with Gasteiger partial charge < -0.3 is 10.1 Å². The number of anilines is 1. The Morgan fingerprint density at radius 3 is 2.55 bits per heavy atom. The predicted molar refractivity (Wildman–Crippen MR) is 89.1 cm³/mol. The van der Waals surface area contributed by atoms with E-state index in [2.05, 4.69) is 53.1 Å². The number of methoxy groups -OCH3 is 1. The molecule has 0 saturated heterocycles. The van der Waals surface area contributed by atoms with Crippen LogP contribution in [0.5, 0.6) is 5.75 Å². The van der Waals surface area contributed by atoms with Crippen molar-refractivity contribution in [1.82, 2.24) is 4.98 Å². The van der Waals surface area contributed by atoms with Crippen molar-refractivity contribution in [1.29, 1.82) is 0 Å². The van der Waals surface area contributed by atoms with Gasteiger partial charge >= 0.3 is 0 Å². The first-order valence-corrected chi connectivity index (χ1v) is 8.08. The fourth-order valence-electron chi connectivity index (χ4n) is 2.29. The van der Waals surface area contributed by atoms with Gasteiger partial charge in [0.05, 0.1) is 29.5 Å². The average molecular weight is 355 g/mol. The van der Waals surface area contributed by atoms with Gasteiger partial charge in [-0.15, -0.1) is 11.3 Å². The van der Waals surface area contributed by atoms with E-state index < -0.39 is 0 Å². The van der Waals surface area contributed by atoms with E-state index in [4.69, 9.17) is 4.74 Å². The lowest BCUT2D eigenvalue weighted by Gasteiger charge is -2.19. The van der Waals surface area contributed by atoms with Crippen LogP contribution in [0, 0.1) is 20.8 Å².